The minimum Gasteiger partial charge on any atom is -0.462 e. The van der Waals surface area contributed by atoms with E-state index in [9.17, 15) is 4.79 Å². The molecule has 0 aliphatic heterocycles. The van der Waals surface area contributed by atoms with Crippen molar-refractivity contribution in [3.8, 4) is 0 Å². The van der Waals surface area contributed by atoms with E-state index in [0.29, 0.717) is 12.2 Å². The Balaban J connectivity index is 1.67. The molecule has 0 heterocycles. The summed E-state index contributed by atoms with van der Waals surface area (Å²) in [6, 6.07) is 16.0. The molecule has 0 aliphatic rings. The number of ether oxygens (including phenoxy) is 1. The van der Waals surface area contributed by atoms with Gasteiger partial charge in [-0.3, -0.25) is 0 Å². The van der Waals surface area contributed by atoms with Gasteiger partial charge in [-0.15, -0.1) is 0 Å². The van der Waals surface area contributed by atoms with Crippen LogP contribution in [0.3, 0.4) is 0 Å². The van der Waals surface area contributed by atoms with Crippen LogP contribution in [0.5, 0.6) is 0 Å². The first-order valence-electron chi connectivity index (χ1n) is 8.22. The van der Waals surface area contributed by atoms with Crippen molar-refractivity contribution in [2.75, 3.05) is 13.2 Å². The predicted molar refractivity (Wildman–Crippen MR) is 93.6 cm³/mol. The third kappa shape index (κ3) is 5.53. The lowest BCUT2D eigenvalue weighted by Gasteiger charge is -2.08. The maximum Gasteiger partial charge on any atom is 0.338 e. The van der Waals surface area contributed by atoms with Gasteiger partial charge in [-0.05, 0) is 55.1 Å². The molecule has 3 heteroatoms. The molecule has 0 saturated heterocycles. The van der Waals surface area contributed by atoms with Crippen molar-refractivity contribution in [1.29, 1.82) is 0 Å². The Bertz CT molecular complexity index is 623. The van der Waals surface area contributed by atoms with Gasteiger partial charge in [0.2, 0.25) is 0 Å². The Hall–Kier alpha value is -2.13. The molecule has 2 rings (SSSR count). The molecule has 0 radical (unpaired) electrons. The number of hydrogen-bond acceptors (Lipinski definition) is 3. The third-order valence-corrected chi connectivity index (χ3v) is 3.87. The maximum absolute atomic E-state index is 12.0. The highest BCUT2D eigenvalue weighted by Gasteiger charge is 2.08. The summed E-state index contributed by atoms with van der Waals surface area (Å²) in [7, 11) is 0. The van der Waals surface area contributed by atoms with Crippen LogP contribution in [-0.4, -0.2) is 19.1 Å². The summed E-state index contributed by atoms with van der Waals surface area (Å²) in [6.07, 6.45) is 1.74. The molecule has 122 valence electrons. The molecule has 0 fully saturated rings. The fraction of sp³-hybridized carbons (Fsp3) is 0.350. The molecule has 2 aromatic carbocycles. The summed E-state index contributed by atoms with van der Waals surface area (Å²) in [5.41, 5.74) is 4.32. The van der Waals surface area contributed by atoms with E-state index in [-0.39, 0.29) is 5.97 Å². The molecule has 0 unspecified atom stereocenters. The van der Waals surface area contributed by atoms with Crippen LogP contribution >= 0.6 is 0 Å². The third-order valence-electron chi connectivity index (χ3n) is 3.87. The minimum atomic E-state index is -0.234. The summed E-state index contributed by atoms with van der Waals surface area (Å²) in [4.78, 5) is 12.0. The van der Waals surface area contributed by atoms with Gasteiger partial charge in [0, 0.05) is 6.54 Å². The summed E-state index contributed by atoms with van der Waals surface area (Å²) < 4.78 is 5.34. The highest BCUT2D eigenvalue weighted by Crippen LogP contribution is 2.12. The van der Waals surface area contributed by atoms with E-state index in [4.69, 9.17) is 4.74 Å². The van der Waals surface area contributed by atoms with Gasteiger partial charge < -0.3 is 10.1 Å². The number of esters is 1. The summed E-state index contributed by atoms with van der Waals surface area (Å²) in [5.74, 6) is -0.234. The molecule has 2 aromatic rings. The van der Waals surface area contributed by atoms with E-state index in [1.165, 1.54) is 16.7 Å². The van der Waals surface area contributed by atoms with E-state index < -0.39 is 0 Å². The van der Waals surface area contributed by atoms with Crippen LogP contribution < -0.4 is 5.32 Å². The zero-order valence-corrected chi connectivity index (χ0v) is 14.0. The van der Waals surface area contributed by atoms with Gasteiger partial charge in [0.1, 0.15) is 0 Å². The molecule has 23 heavy (non-hydrogen) atoms. The SMILES string of the molecule is CCc1cc(C(=O)OCCCNCc2ccccc2)ccc1C. The van der Waals surface area contributed by atoms with Gasteiger partial charge in [-0.25, -0.2) is 4.79 Å². The largest absolute Gasteiger partial charge is 0.462 e. The zero-order valence-electron chi connectivity index (χ0n) is 14.0. The number of rotatable bonds is 8. The number of hydrogen-bond donors (Lipinski definition) is 1. The molecule has 0 saturated carbocycles. The molecule has 3 nitrogen and oxygen atoms in total. The molecular weight excluding hydrogens is 286 g/mol. The average molecular weight is 311 g/mol. The lowest BCUT2D eigenvalue weighted by Crippen LogP contribution is -2.17. The van der Waals surface area contributed by atoms with Crippen molar-refractivity contribution in [3.05, 3.63) is 70.8 Å². The first-order chi connectivity index (χ1) is 11.2. The molecular formula is C20H25NO2. The standard InChI is InChI=1S/C20H25NO2/c1-3-18-14-19(11-10-16(18)2)20(22)23-13-7-12-21-15-17-8-5-4-6-9-17/h4-6,8-11,14,21H,3,7,12-13,15H2,1-2H3. The topological polar surface area (TPSA) is 38.3 Å². The van der Waals surface area contributed by atoms with E-state index in [0.717, 1.165) is 25.9 Å². The lowest BCUT2D eigenvalue weighted by atomic mass is 10.0. The smallest absolute Gasteiger partial charge is 0.338 e. The second-order valence-electron chi connectivity index (χ2n) is 5.65. The number of carbonyl (C=O) groups is 1. The Kier molecular flexibility index (Phi) is 6.82. The second kappa shape index (κ2) is 9.11. The quantitative estimate of drug-likeness (QED) is 0.593. The number of aryl methyl sites for hydroxylation is 2. The van der Waals surface area contributed by atoms with Crippen LogP contribution in [0.2, 0.25) is 0 Å². The van der Waals surface area contributed by atoms with Crippen LogP contribution in [-0.2, 0) is 17.7 Å². The van der Waals surface area contributed by atoms with Crippen LogP contribution in [0.25, 0.3) is 0 Å². The van der Waals surface area contributed by atoms with Gasteiger partial charge in [0.15, 0.2) is 0 Å². The van der Waals surface area contributed by atoms with Gasteiger partial charge in [-0.2, -0.15) is 0 Å². The number of carbonyl (C=O) groups excluding carboxylic acids is 1. The van der Waals surface area contributed by atoms with E-state index >= 15 is 0 Å². The van der Waals surface area contributed by atoms with Gasteiger partial charge in [0.25, 0.3) is 0 Å². The summed E-state index contributed by atoms with van der Waals surface area (Å²) in [5, 5.41) is 3.35. The van der Waals surface area contributed by atoms with Crippen molar-refractivity contribution >= 4 is 5.97 Å². The van der Waals surface area contributed by atoms with E-state index in [2.05, 4.69) is 31.3 Å². The fourth-order valence-corrected chi connectivity index (χ4v) is 2.45. The summed E-state index contributed by atoms with van der Waals surface area (Å²) in [6.45, 7) is 6.26. The minimum absolute atomic E-state index is 0.234. The second-order valence-corrected chi connectivity index (χ2v) is 5.65. The van der Waals surface area contributed by atoms with Crippen molar-refractivity contribution in [3.63, 3.8) is 0 Å². The van der Waals surface area contributed by atoms with E-state index in [1.807, 2.05) is 36.4 Å². The Morgan fingerprint density at radius 1 is 1.13 bits per heavy atom. The van der Waals surface area contributed by atoms with Crippen LogP contribution in [0, 0.1) is 6.92 Å². The number of benzene rings is 2. The molecule has 0 amide bonds. The zero-order chi connectivity index (χ0) is 16.5. The molecule has 0 aromatic heterocycles. The number of nitrogens with one attached hydrogen (secondary N) is 1. The average Bonchev–Trinajstić information content (AvgIpc) is 2.59. The Morgan fingerprint density at radius 3 is 2.65 bits per heavy atom. The predicted octanol–water partition coefficient (Wildman–Crippen LogP) is 3.89. The van der Waals surface area contributed by atoms with Gasteiger partial charge in [0.05, 0.1) is 12.2 Å². The molecule has 0 bridgehead atoms. The molecule has 0 aliphatic carbocycles. The van der Waals surface area contributed by atoms with Crippen LogP contribution in [0.15, 0.2) is 48.5 Å². The van der Waals surface area contributed by atoms with Gasteiger partial charge >= 0.3 is 5.97 Å². The van der Waals surface area contributed by atoms with Crippen LogP contribution in [0.4, 0.5) is 0 Å². The molecule has 0 atom stereocenters. The first kappa shape index (κ1) is 17.2. The van der Waals surface area contributed by atoms with E-state index in [1.54, 1.807) is 0 Å². The Morgan fingerprint density at radius 2 is 1.91 bits per heavy atom. The van der Waals surface area contributed by atoms with Gasteiger partial charge in [-0.1, -0.05) is 43.3 Å². The van der Waals surface area contributed by atoms with Crippen molar-refractivity contribution in [2.24, 2.45) is 0 Å². The molecule has 0 spiro atoms. The lowest BCUT2D eigenvalue weighted by molar-refractivity contribution is 0.0500. The van der Waals surface area contributed by atoms with Crippen molar-refractivity contribution < 1.29 is 9.53 Å². The van der Waals surface area contributed by atoms with Crippen molar-refractivity contribution in [1.82, 2.24) is 5.32 Å². The fourth-order valence-electron chi connectivity index (χ4n) is 2.45. The van der Waals surface area contributed by atoms with Crippen LogP contribution in [0.1, 0.15) is 40.4 Å². The van der Waals surface area contributed by atoms with Crippen molar-refractivity contribution in [2.45, 2.75) is 33.2 Å². The highest BCUT2D eigenvalue weighted by molar-refractivity contribution is 5.89. The first-order valence-corrected chi connectivity index (χ1v) is 8.22. The maximum atomic E-state index is 12.0. The monoisotopic (exact) mass is 311 g/mol. The normalized spacial score (nSPS) is 10.5. The molecule has 1 N–H and O–H groups in total. The Labute approximate surface area is 138 Å². The highest BCUT2D eigenvalue weighted by atomic mass is 16.5. The summed E-state index contributed by atoms with van der Waals surface area (Å²) >= 11 is 0.